The molecule has 0 fully saturated rings. The minimum absolute atomic E-state index is 0.219. The minimum atomic E-state index is -0.289. The number of pyridine rings is 2. The third kappa shape index (κ3) is 5.32. The normalized spacial score (nSPS) is 11.7. The molecule has 4 heterocycles. The summed E-state index contributed by atoms with van der Waals surface area (Å²) >= 11 is 11.5. The summed E-state index contributed by atoms with van der Waals surface area (Å²) in [5.41, 5.74) is 3.67. The molecule has 0 bridgehead atoms. The second-order valence-corrected chi connectivity index (χ2v) is 11.5. The van der Waals surface area contributed by atoms with E-state index in [2.05, 4.69) is 51.7 Å². The molecule has 4 rings (SSSR count). The van der Waals surface area contributed by atoms with E-state index in [9.17, 15) is 4.79 Å². The van der Waals surface area contributed by atoms with Crippen LogP contribution < -0.4 is 10.3 Å². The van der Waals surface area contributed by atoms with E-state index in [-0.39, 0.29) is 17.6 Å². The van der Waals surface area contributed by atoms with Crippen molar-refractivity contribution in [3.8, 4) is 22.8 Å². The Morgan fingerprint density at radius 3 is 2.51 bits per heavy atom. The maximum Gasteiger partial charge on any atom is 0.273 e. The van der Waals surface area contributed by atoms with Crippen molar-refractivity contribution in [2.45, 2.75) is 53.6 Å². The fourth-order valence-electron chi connectivity index (χ4n) is 3.50. The zero-order valence-electron chi connectivity index (χ0n) is 20.3. The molecule has 35 heavy (non-hydrogen) atoms. The highest BCUT2D eigenvalue weighted by atomic mass is 79.9. The molecular formula is C25H25BrClN5O2S. The Morgan fingerprint density at radius 2 is 1.86 bits per heavy atom. The number of nitrogens with zero attached hydrogens (tertiary/aromatic N) is 5. The van der Waals surface area contributed by atoms with Crippen LogP contribution in [0.3, 0.4) is 0 Å². The Hall–Kier alpha value is -2.62. The maximum absolute atomic E-state index is 13.4. The summed E-state index contributed by atoms with van der Waals surface area (Å²) in [6, 6.07) is 3.58. The molecule has 0 radical (unpaired) electrons. The molecule has 0 N–H and O–H groups in total. The van der Waals surface area contributed by atoms with E-state index in [1.54, 1.807) is 40.4 Å². The molecule has 0 aliphatic rings. The molecule has 0 saturated carbocycles. The molecule has 0 aliphatic heterocycles. The average Bonchev–Trinajstić information content (AvgIpc) is 3.21. The van der Waals surface area contributed by atoms with Gasteiger partial charge in [-0.2, -0.15) is 0 Å². The van der Waals surface area contributed by atoms with Crippen LogP contribution >= 0.6 is 38.9 Å². The quantitative estimate of drug-likeness (QED) is 0.276. The van der Waals surface area contributed by atoms with Crippen molar-refractivity contribution in [3.05, 3.63) is 77.5 Å². The average molecular weight is 575 g/mol. The van der Waals surface area contributed by atoms with Crippen molar-refractivity contribution >= 4 is 38.9 Å². The number of rotatable bonds is 5. The molecular weight excluding hydrogens is 550 g/mol. The lowest BCUT2D eigenvalue weighted by Gasteiger charge is -2.19. The number of aromatic nitrogens is 5. The van der Waals surface area contributed by atoms with Gasteiger partial charge in [-0.25, -0.2) is 15.0 Å². The van der Waals surface area contributed by atoms with Crippen LogP contribution in [0.25, 0.3) is 17.1 Å². The molecule has 0 saturated heterocycles. The highest BCUT2D eigenvalue weighted by Gasteiger charge is 2.21. The Bertz CT molecular complexity index is 1480. The van der Waals surface area contributed by atoms with Crippen LogP contribution in [0.15, 0.2) is 39.2 Å². The third-order valence-corrected chi connectivity index (χ3v) is 7.15. The largest absolute Gasteiger partial charge is 0.486 e. The molecule has 0 atom stereocenters. The summed E-state index contributed by atoms with van der Waals surface area (Å²) in [5, 5.41) is 3.25. The first kappa shape index (κ1) is 25.5. The Morgan fingerprint density at radius 1 is 1.11 bits per heavy atom. The van der Waals surface area contributed by atoms with Gasteiger partial charge in [0, 0.05) is 34.9 Å². The van der Waals surface area contributed by atoms with E-state index in [1.165, 1.54) is 0 Å². The number of ether oxygens (including phenoxy) is 1. The van der Waals surface area contributed by atoms with Crippen molar-refractivity contribution in [1.29, 1.82) is 0 Å². The van der Waals surface area contributed by atoms with Gasteiger partial charge >= 0.3 is 0 Å². The van der Waals surface area contributed by atoms with Gasteiger partial charge in [0.2, 0.25) is 0 Å². The molecule has 7 nitrogen and oxygen atoms in total. The number of thiazole rings is 1. The summed E-state index contributed by atoms with van der Waals surface area (Å²) in [6.45, 7) is 12.1. The summed E-state index contributed by atoms with van der Waals surface area (Å²) in [7, 11) is 0. The molecule has 0 unspecified atom stereocenters. The lowest BCUT2D eigenvalue weighted by atomic mass is 9.95. The SMILES string of the molecule is Cc1nc(COc2cc(C)n(-c3cc(-c4nc(C(C)(C)C)ncc4C)ncc3Cl)c(=O)c2Br)cs1. The highest BCUT2D eigenvalue weighted by Crippen LogP contribution is 2.30. The fourth-order valence-corrected chi connectivity index (χ4v) is 4.70. The van der Waals surface area contributed by atoms with Crippen LogP contribution in [-0.4, -0.2) is 24.5 Å². The van der Waals surface area contributed by atoms with Gasteiger partial charge in [-0.05, 0) is 48.3 Å². The molecule has 182 valence electrons. The molecule has 0 amide bonds. The summed E-state index contributed by atoms with van der Waals surface area (Å²) in [6.07, 6.45) is 3.34. The van der Waals surface area contributed by atoms with Gasteiger partial charge in [0.05, 0.1) is 32.8 Å². The summed E-state index contributed by atoms with van der Waals surface area (Å²) in [4.78, 5) is 31.6. The standard InChI is InChI=1S/C25H25BrClN5O2S/c1-13-9-29-24(25(4,5)6)31-22(13)18-8-19(17(27)10-28-18)32-14(2)7-20(21(26)23(32)33)34-11-16-12-35-15(3)30-16/h7-10,12H,11H2,1-6H3. The molecule has 0 aromatic carbocycles. The maximum atomic E-state index is 13.4. The van der Waals surface area contributed by atoms with Gasteiger partial charge in [-0.15, -0.1) is 11.3 Å². The Kier molecular flexibility index (Phi) is 7.13. The van der Waals surface area contributed by atoms with Crippen molar-refractivity contribution in [3.63, 3.8) is 0 Å². The van der Waals surface area contributed by atoms with Gasteiger partial charge in [-0.3, -0.25) is 14.3 Å². The highest BCUT2D eigenvalue weighted by molar-refractivity contribution is 9.10. The van der Waals surface area contributed by atoms with Crippen molar-refractivity contribution in [2.24, 2.45) is 0 Å². The predicted octanol–water partition coefficient (Wildman–Crippen LogP) is 6.36. The van der Waals surface area contributed by atoms with Gasteiger partial charge in [0.1, 0.15) is 22.7 Å². The molecule has 10 heteroatoms. The number of hydrogen-bond acceptors (Lipinski definition) is 7. The van der Waals surface area contributed by atoms with Crippen molar-refractivity contribution in [2.75, 3.05) is 0 Å². The second kappa shape index (κ2) is 9.79. The molecule has 4 aromatic heterocycles. The van der Waals surface area contributed by atoms with E-state index < -0.39 is 0 Å². The van der Waals surface area contributed by atoms with E-state index >= 15 is 0 Å². The van der Waals surface area contributed by atoms with E-state index in [4.69, 9.17) is 21.3 Å². The lowest BCUT2D eigenvalue weighted by molar-refractivity contribution is 0.298. The van der Waals surface area contributed by atoms with Crippen LogP contribution in [0.1, 0.15) is 48.6 Å². The molecule has 0 spiro atoms. The van der Waals surface area contributed by atoms with E-state index in [0.717, 1.165) is 16.3 Å². The van der Waals surface area contributed by atoms with Gasteiger partial charge in [0.25, 0.3) is 5.56 Å². The van der Waals surface area contributed by atoms with E-state index in [0.29, 0.717) is 43.8 Å². The zero-order chi connectivity index (χ0) is 25.5. The van der Waals surface area contributed by atoms with Gasteiger partial charge < -0.3 is 4.74 Å². The van der Waals surface area contributed by atoms with Crippen LogP contribution in [0.2, 0.25) is 5.02 Å². The predicted molar refractivity (Wildman–Crippen MR) is 143 cm³/mol. The van der Waals surface area contributed by atoms with Crippen LogP contribution in [0.4, 0.5) is 0 Å². The van der Waals surface area contributed by atoms with E-state index in [1.807, 2.05) is 26.2 Å². The number of aryl methyl sites for hydroxylation is 3. The molecule has 0 aliphatic carbocycles. The minimum Gasteiger partial charge on any atom is -0.486 e. The lowest BCUT2D eigenvalue weighted by Crippen LogP contribution is -2.22. The zero-order valence-corrected chi connectivity index (χ0v) is 23.5. The summed E-state index contributed by atoms with van der Waals surface area (Å²) in [5.74, 6) is 1.16. The summed E-state index contributed by atoms with van der Waals surface area (Å²) < 4.78 is 7.74. The topological polar surface area (TPSA) is 82.8 Å². The Labute approximate surface area is 221 Å². The second-order valence-electron chi connectivity index (χ2n) is 9.25. The Balaban J connectivity index is 1.76. The monoisotopic (exact) mass is 573 g/mol. The van der Waals surface area contributed by atoms with Crippen LogP contribution in [-0.2, 0) is 12.0 Å². The first-order valence-electron chi connectivity index (χ1n) is 10.9. The van der Waals surface area contributed by atoms with Crippen LogP contribution in [0, 0.1) is 20.8 Å². The first-order chi connectivity index (χ1) is 16.5. The smallest absolute Gasteiger partial charge is 0.273 e. The molecule has 4 aromatic rings. The number of halogens is 2. The van der Waals surface area contributed by atoms with Gasteiger partial charge in [0.15, 0.2) is 0 Å². The van der Waals surface area contributed by atoms with Crippen molar-refractivity contribution < 1.29 is 4.74 Å². The van der Waals surface area contributed by atoms with Crippen molar-refractivity contribution in [1.82, 2.24) is 24.5 Å². The fraction of sp³-hybridized carbons (Fsp3) is 0.320. The third-order valence-electron chi connectivity index (χ3n) is 5.30. The number of hydrogen-bond donors (Lipinski definition) is 0. The van der Waals surface area contributed by atoms with Gasteiger partial charge in [-0.1, -0.05) is 32.4 Å². The first-order valence-corrected chi connectivity index (χ1v) is 13.0. The van der Waals surface area contributed by atoms with Crippen LogP contribution in [0.5, 0.6) is 5.75 Å².